The molecule has 1 aromatic heterocycles. The van der Waals surface area contributed by atoms with Crippen molar-refractivity contribution in [1.82, 2.24) is 10.6 Å². The molecule has 4 rings (SSSR count). The van der Waals surface area contributed by atoms with Crippen LogP contribution >= 0.6 is 22.9 Å². The van der Waals surface area contributed by atoms with E-state index in [-0.39, 0.29) is 12.3 Å². The van der Waals surface area contributed by atoms with Crippen molar-refractivity contribution in [2.45, 2.75) is 25.6 Å². The highest BCUT2D eigenvalue weighted by atomic mass is 35.5. The number of fused-ring (bicyclic) bond motifs is 1. The zero-order valence-corrected chi connectivity index (χ0v) is 20.2. The molecule has 3 amide bonds. The lowest BCUT2D eigenvalue weighted by atomic mass is 10.0. The maximum atomic E-state index is 13.2. The van der Waals surface area contributed by atoms with Crippen LogP contribution in [0.4, 0.5) is 5.69 Å². The van der Waals surface area contributed by atoms with Crippen LogP contribution in [-0.4, -0.2) is 42.7 Å². The Kier molecular flexibility index (Phi) is 7.09. The van der Waals surface area contributed by atoms with Crippen LogP contribution in [0.15, 0.2) is 71.0 Å². The molecule has 1 unspecified atom stereocenters. The first-order valence-corrected chi connectivity index (χ1v) is 11.9. The molecule has 1 aliphatic heterocycles. The number of benzene rings is 2. The van der Waals surface area contributed by atoms with E-state index in [1.165, 1.54) is 16.2 Å². The van der Waals surface area contributed by atoms with Crippen LogP contribution < -0.4 is 15.5 Å². The Balaban J connectivity index is 1.59. The predicted molar refractivity (Wildman–Crippen MR) is 135 cm³/mol. The molecule has 2 heterocycles. The van der Waals surface area contributed by atoms with Crippen LogP contribution in [0.1, 0.15) is 22.9 Å². The van der Waals surface area contributed by atoms with Crippen molar-refractivity contribution < 1.29 is 14.4 Å². The number of benzodiazepines with no additional fused rings is 1. The first-order chi connectivity index (χ1) is 16.3. The van der Waals surface area contributed by atoms with Gasteiger partial charge in [-0.2, -0.15) is 0 Å². The van der Waals surface area contributed by atoms with Gasteiger partial charge in [0, 0.05) is 28.1 Å². The molecule has 3 aromatic rings. The van der Waals surface area contributed by atoms with Gasteiger partial charge in [-0.15, -0.1) is 11.3 Å². The van der Waals surface area contributed by atoms with Crippen molar-refractivity contribution in [3.05, 3.63) is 87.1 Å². The molecule has 0 bridgehead atoms. The quantitative estimate of drug-likeness (QED) is 0.550. The summed E-state index contributed by atoms with van der Waals surface area (Å²) in [4.78, 5) is 45.5. The SMILES string of the molecule is C[C@H](NC(=O)Cc1cccs1)C(=O)NC1N=C(c2ccccc2)c2cc(Cl)ccc2N(C)C1=O. The summed E-state index contributed by atoms with van der Waals surface area (Å²) in [6.45, 7) is 1.57. The Morgan fingerprint density at radius 2 is 1.91 bits per heavy atom. The van der Waals surface area contributed by atoms with Crippen LogP contribution in [0.25, 0.3) is 0 Å². The summed E-state index contributed by atoms with van der Waals surface area (Å²) in [5.74, 6) is -1.18. The molecule has 0 radical (unpaired) electrons. The number of nitrogens with zero attached hydrogens (tertiary/aromatic N) is 2. The average Bonchev–Trinajstić information content (AvgIpc) is 3.30. The number of hydrogen-bond donors (Lipinski definition) is 2. The number of thiophene rings is 1. The molecule has 0 fully saturated rings. The lowest BCUT2D eigenvalue weighted by Crippen LogP contribution is -2.52. The lowest BCUT2D eigenvalue weighted by molar-refractivity contribution is -0.130. The van der Waals surface area contributed by atoms with Crippen molar-refractivity contribution in [2.24, 2.45) is 4.99 Å². The van der Waals surface area contributed by atoms with E-state index in [4.69, 9.17) is 11.6 Å². The second-order valence-corrected chi connectivity index (χ2v) is 9.33. The Morgan fingerprint density at radius 1 is 1.15 bits per heavy atom. The number of anilines is 1. The third-order valence-corrected chi connectivity index (χ3v) is 6.52. The van der Waals surface area contributed by atoms with Gasteiger partial charge in [-0.3, -0.25) is 14.4 Å². The average molecular weight is 495 g/mol. The monoisotopic (exact) mass is 494 g/mol. The summed E-state index contributed by atoms with van der Waals surface area (Å²) in [5, 5.41) is 7.77. The van der Waals surface area contributed by atoms with Crippen molar-refractivity contribution in [2.75, 3.05) is 11.9 Å². The van der Waals surface area contributed by atoms with Crippen LogP contribution in [-0.2, 0) is 20.8 Å². The molecular formula is C25H23ClN4O3S. The molecule has 0 aliphatic carbocycles. The van der Waals surface area contributed by atoms with Gasteiger partial charge in [0.05, 0.1) is 17.8 Å². The normalized spacial score (nSPS) is 16.2. The fraction of sp³-hybridized carbons (Fsp3) is 0.200. The summed E-state index contributed by atoms with van der Waals surface area (Å²) in [6.07, 6.45) is -0.984. The first kappa shape index (κ1) is 23.7. The predicted octanol–water partition coefficient (Wildman–Crippen LogP) is 3.41. The van der Waals surface area contributed by atoms with Gasteiger partial charge in [0.1, 0.15) is 6.04 Å². The third kappa shape index (κ3) is 5.18. The van der Waals surface area contributed by atoms with E-state index in [1.54, 1.807) is 32.2 Å². The molecule has 0 saturated carbocycles. The Hall–Kier alpha value is -3.49. The standard InChI is InChI=1S/C25H23ClN4O3S/c1-15(27-21(31)14-18-9-6-12-34-18)24(32)29-23-25(33)30(2)20-11-10-17(26)13-19(20)22(28-23)16-7-4-3-5-8-16/h3-13,15,23H,14H2,1-2H3,(H,27,31)(H,29,32)/t15-,23?/m0/s1. The number of halogens is 1. The Morgan fingerprint density at radius 3 is 2.62 bits per heavy atom. The first-order valence-electron chi connectivity index (χ1n) is 10.7. The maximum Gasteiger partial charge on any atom is 0.272 e. The molecular weight excluding hydrogens is 472 g/mol. The fourth-order valence-electron chi connectivity index (χ4n) is 3.66. The molecule has 1 aliphatic rings. The largest absolute Gasteiger partial charge is 0.344 e. The molecule has 2 N–H and O–H groups in total. The summed E-state index contributed by atoms with van der Waals surface area (Å²) < 4.78 is 0. The van der Waals surface area contributed by atoms with Crippen molar-refractivity contribution in [1.29, 1.82) is 0 Å². The number of amides is 3. The molecule has 174 valence electrons. The minimum atomic E-state index is -1.17. The van der Waals surface area contributed by atoms with Crippen LogP contribution in [0, 0.1) is 0 Å². The van der Waals surface area contributed by atoms with Gasteiger partial charge in [-0.25, -0.2) is 4.99 Å². The van der Waals surface area contributed by atoms with Gasteiger partial charge in [0.15, 0.2) is 0 Å². The second-order valence-electron chi connectivity index (χ2n) is 7.86. The molecule has 2 atom stereocenters. The van der Waals surface area contributed by atoms with E-state index in [2.05, 4.69) is 15.6 Å². The number of carbonyl (C=O) groups is 3. The number of aliphatic imine (C=N–C) groups is 1. The zero-order chi connectivity index (χ0) is 24.2. The summed E-state index contributed by atoms with van der Waals surface area (Å²) >= 11 is 7.73. The van der Waals surface area contributed by atoms with Gasteiger partial charge in [0.2, 0.25) is 18.0 Å². The van der Waals surface area contributed by atoms with Crippen molar-refractivity contribution in [3.63, 3.8) is 0 Å². The number of carbonyl (C=O) groups excluding carboxylic acids is 3. The highest BCUT2D eigenvalue weighted by molar-refractivity contribution is 7.10. The molecule has 34 heavy (non-hydrogen) atoms. The molecule has 0 saturated heterocycles. The number of likely N-dealkylation sites (N-methyl/N-ethyl adjacent to an activating group) is 1. The maximum absolute atomic E-state index is 13.2. The number of hydrogen-bond acceptors (Lipinski definition) is 5. The zero-order valence-electron chi connectivity index (χ0n) is 18.6. The second kappa shape index (κ2) is 10.2. The molecule has 7 nitrogen and oxygen atoms in total. The van der Waals surface area contributed by atoms with E-state index in [0.29, 0.717) is 22.0 Å². The van der Waals surface area contributed by atoms with Gasteiger partial charge in [0.25, 0.3) is 5.91 Å². The number of rotatable bonds is 6. The highest BCUT2D eigenvalue weighted by Gasteiger charge is 2.32. The Labute approximate surface area is 206 Å². The van der Waals surface area contributed by atoms with E-state index in [9.17, 15) is 14.4 Å². The summed E-state index contributed by atoms with van der Waals surface area (Å²) in [5.41, 5.74) is 2.63. The van der Waals surface area contributed by atoms with E-state index < -0.39 is 24.0 Å². The van der Waals surface area contributed by atoms with Crippen LogP contribution in [0.2, 0.25) is 5.02 Å². The van der Waals surface area contributed by atoms with Gasteiger partial charge >= 0.3 is 0 Å². The minimum absolute atomic E-state index is 0.187. The molecule has 9 heteroatoms. The van der Waals surface area contributed by atoms with Crippen molar-refractivity contribution >= 4 is 52.1 Å². The number of nitrogens with one attached hydrogen (secondary N) is 2. The lowest BCUT2D eigenvalue weighted by Gasteiger charge is -2.22. The smallest absolute Gasteiger partial charge is 0.272 e. The highest BCUT2D eigenvalue weighted by Crippen LogP contribution is 2.29. The summed E-state index contributed by atoms with van der Waals surface area (Å²) in [7, 11) is 1.63. The van der Waals surface area contributed by atoms with E-state index >= 15 is 0 Å². The topological polar surface area (TPSA) is 90.9 Å². The van der Waals surface area contributed by atoms with E-state index in [1.807, 2.05) is 47.8 Å². The van der Waals surface area contributed by atoms with Gasteiger partial charge < -0.3 is 15.5 Å². The molecule has 0 spiro atoms. The van der Waals surface area contributed by atoms with Crippen molar-refractivity contribution in [3.8, 4) is 0 Å². The fourth-order valence-corrected chi connectivity index (χ4v) is 4.53. The van der Waals surface area contributed by atoms with E-state index in [0.717, 1.165) is 10.4 Å². The van der Waals surface area contributed by atoms with Gasteiger partial charge in [-0.1, -0.05) is 48.0 Å². The third-order valence-electron chi connectivity index (χ3n) is 5.41. The minimum Gasteiger partial charge on any atom is -0.344 e. The molecule has 2 aromatic carbocycles. The van der Waals surface area contributed by atoms with Gasteiger partial charge in [-0.05, 0) is 36.6 Å². The van der Waals surface area contributed by atoms with Crippen LogP contribution in [0.3, 0.4) is 0 Å². The van der Waals surface area contributed by atoms with Crippen LogP contribution in [0.5, 0.6) is 0 Å². The Bertz CT molecular complexity index is 1240. The summed E-state index contributed by atoms with van der Waals surface area (Å²) in [6, 6.07) is 17.5.